The van der Waals surface area contributed by atoms with Crippen molar-refractivity contribution in [1.82, 2.24) is 4.98 Å². The minimum absolute atomic E-state index is 0.0976. The van der Waals surface area contributed by atoms with Crippen molar-refractivity contribution in [2.75, 3.05) is 7.11 Å². The second kappa shape index (κ2) is 5.55. The summed E-state index contributed by atoms with van der Waals surface area (Å²) in [6, 6.07) is 1.64. The zero-order valence-corrected chi connectivity index (χ0v) is 9.46. The van der Waals surface area contributed by atoms with Gasteiger partial charge in [0, 0.05) is 17.6 Å². The summed E-state index contributed by atoms with van der Waals surface area (Å²) in [6.45, 7) is 0. The molecule has 0 aliphatic heterocycles. The number of methoxy groups -OCH3 is 1. The van der Waals surface area contributed by atoms with E-state index in [-0.39, 0.29) is 22.7 Å². The molecule has 0 fully saturated rings. The molecular weight excluding hydrogens is 254 g/mol. The quantitative estimate of drug-likeness (QED) is 0.618. The summed E-state index contributed by atoms with van der Waals surface area (Å²) in [6.07, 6.45) is -1.98. The van der Waals surface area contributed by atoms with Crippen LogP contribution in [-0.2, 0) is 10.6 Å². The van der Waals surface area contributed by atoms with E-state index < -0.39 is 18.0 Å². The number of pyridine rings is 1. The van der Waals surface area contributed by atoms with Crippen LogP contribution >= 0.6 is 11.6 Å². The lowest BCUT2D eigenvalue weighted by atomic mass is 10.0. The first-order valence-corrected chi connectivity index (χ1v) is 4.94. The van der Waals surface area contributed by atoms with Crippen LogP contribution in [-0.4, -0.2) is 18.1 Å². The lowest BCUT2D eigenvalue weighted by molar-refractivity contribution is 0.0593. The van der Waals surface area contributed by atoms with Gasteiger partial charge < -0.3 is 4.74 Å². The van der Waals surface area contributed by atoms with Gasteiger partial charge in [-0.25, -0.2) is 18.6 Å². The number of carbonyl (C=O) groups excluding carboxylic acids is 1. The summed E-state index contributed by atoms with van der Waals surface area (Å²) in [5, 5.41) is 8.88. The fourth-order valence-corrected chi connectivity index (χ4v) is 1.56. The lowest BCUT2D eigenvalue weighted by Crippen LogP contribution is -2.11. The molecule has 1 heterocycles. The van der Waals surface area contributed by atoms with Gasteiger partial charge in [0.25, 0.3) is 6.43 Å². The topological polar surface area (TPSA) is 63.0 Å². The second-order valence-corrected chi connectivity index (χ2v) is 3.22. The number of aromatic nitrogens is 1. The van der Waals surface area contributed by atoms with Crippen LogP contribution in [0.4, 0.5) is 8.78 Å². The summed E-state index contributed by atoms with van der Waals surface area (Å²) >= 11 is 5.52. The molecule has 0 aliphatic carbocycles. The number of esters is 1. The zero-order valence-electron chi connectivity index (χ0n) is 8.71. The SMILES string of the molecule is COC(=O)c1ncc(C(F)F)c(CCl)c1C#N. The van der Waals surface area contributed by atoms with Crippen LogP contribution < -0.4 is 0 Å². The first kappa shape index (κ1) is 13.3. The monoisotopic (exact) mass is 260 g/mol. The highest BCUT2D eigenvalue weighted by atomic mass is 35.5. The van der Waals surface area contributed by atoms with Crippen LogP contribution in [0.5, 0.6) is 0 Å². The molecule has 7 heteroatoms. The van der Waals surface area contributed by atoms with Crippen LogP contribution in [0.3, 0.4) is 0 Å². The van der Waals surface area contributed by atoms with Gasteiger partial charge in [0.15, 0.2) is 5.69 Å². The number of halogens is 3. The van der Waals surface area contributed by atoms with Crippen molar-refractivity contribution in [3.8, 4) is 6.07 Å². The summed E-state index contributed by atoms with van der Waals surface area (Å²) in [5.74, 6) is -1.18. The third-order valence-corrected chi connectivity index (χ3v) is 2.35. The maximum Gasteiger partial charge on any atom is 0.358 e. The zero-order chi connectivity index (χ0) is 13.0. The lowest BCUT2D eigenvalue weighted by Gasteiger charge is -2.10. The summed E-state index contributed by atoms with van der Waals surface area (Å²) in [5.41, 5.74) is -1.14. The summed E-state index contributed by atoms with van der Waals surface area (Å²) < 4.78 is 29.6. The van der Waals surface area contributed by atoms with Gasteiger partial charge in [-0.1, -0.05) is 0 Å². The number of hydrogen-bond acceptors (Lipinski definition) is 4. The van der Waals surface area contributed by atoms with E-state index in [0.29, 0.717) is 0 Å². The normalized spacial score (nSPS) is 10.1. The molecule has 1 aromatic rings. The Morgan fingerprint density at radius 2 is 2.35 bits per heavy atom. The number of ether oxygens (including phenoxy) is 1. The predicted molar refractivity (Wildman–Crippen MR) is 54.8 cm³/mol. The van der Waals surface area contributed by atoms with Crippen LogP contribution in [0, 0.1) is 11.3 Å². The molecule has 0 radical (unpaired) electrons. The molecule has 0 amide bonds. The smallest absolute Gasteiger partial charge is 0.358 e. The molecule has 0 bridgehead atoms. The Labute approximate surface area is 101 Å². The number of carbonyl (C=O) groups is 1. The fraction of sp³-hybridized carbons (Fsp3) is 0.300. The molecule has 0 unspecified atom stereocenters. The standard InChI is InChI=1S/C10H7ClF2N2O2/c1-17-10(16)8-6(3-14)5(2-11)7(4-15-8)9(12)13/h4,9H,2H2,1H3. The molecule has 0 N–H and O–H groups in total. The van der Waals surface area contributed by atoms with Crippen LogP contribution in [0.25, 0.3) is 0 Å². The number of nitrogens with zero attached hydrogens (tertiary/aromatic N) is 2. The van der Waals surface area contributed by atoms with Gasteiger partial charge in [-0.2, -0.15) is 5.26 Å². The van der Waals surface area contributed by atoms with Crippen molar-refractivity contribution in [3.05, 3.63) is 28.6 Å². The molecule has 0 aliphatic rings. The average molecular weight is 261 g/mol. The Bertz CT molecular complexity index is 486. The van der Waals surface area contributed by atoms with Crippen molar-refractivity contribution >= 4 is 17.6 Å². The minimum Gasteiger partial charge on any atom is -0.464 e. The number of hydrogen-bond donors (Lipinski definition) is 0. The Hall–Kier alpha value is -1.74. The fourth-order valence-electron chi connectivity index (χ4n) is 1.27. The molecule has 4 nitrogen and oxygen atoms in total. The molecule has 17 heavy (non-hydrogen) atoms. The molecule has 90 valence electrons. The van der Waals surface area contributed by atoms with Crippen molar-refractivity contribution in [2.45, 2.75) is 12.3 Å². The minimum atomic E-state index is -2.81. The van der Waals surface area contributed by atoms with Gasteiger partial charge in [0.2, 0.25) is 0 Å². The van der Waals surface area contributed by atoms with Crippen LogP contribution in [0.2, 0.25) is 0 Å². The first-order valence-electron chi connectivity index (χ1n) is 4.41. The predicted octanol–water partition coefficient (Wildman–Crippen LogP) is 2.42. The Morgan fingerprint density at radius 1 is 1.71 bits per heavy atom. The number of rotatable bonds is 3. The van der Waals surface area contributed by atoms with Crippen LogP contribution in [0.15, 0.2) is 6.20 Å². The van der Waals surface area contributed by atoms with E-state index in [1.54, 1.807) is 6.07 Å². The third kappa shape index (κ3) is 2.50. The molecule has 0 atom stereocenters. The van der Waals surface area contributed by atoms with E-state index >= 15 is 0 Å². The summed E-state index contributed by atoms with van der Waals surface area (Å²) in [7, 11) is 1.10. The van der Waals surface area contributed by atoms with E-state index in [9.17, 15) is 13.6 Å². The molecule has 0 saturated heterocycles. The first-order chi connectivity index (χ1) is 8.06. The molecule has 1 aromatic heterocycles. The molecule has 0 saturated carbocycles. The van der Waals surface area contributed by atoms with Gasteiger partial charge in [0.05, 0.1) is 12.7 Å². The molecule has 1 rings (SSSR count). The van der Waals surface area contributed by atoms with E-state index in [4.69, 9.17) is 16.9 Å². The largest absolute Gasteiger partial charge is 0.464 e. The van der Waals surface area contributed by atoms with Gasteiger partial charge in [-0.05, 0) is 5.56 Å². The van der Waals surface area contributed by atoms with Crippen LogP contribution in [0.1, 0.15) is 33.6 Å². The van der Waals surface area contributed by atoms with E-state index in [0.717, 1.165) is 13.3 Å². The Balaban J connectivity index is 3.50. The maximum absolute atomic E-state index is 12.6. The highest BCUT2D eigenvalue weighted by Crippen LogP contribution is 2.27. The van der Waals surface area contributed by atoms with Crippen molar-refractivity contribution in [2.24, 2.45) is 0 Å². The highest BCUT2D eigenvalue weighted by Gasteiger charge is 2.23. The summed E-state index contributed by atoms with van der Waals surface area (Å²) in [4.78, 5) is 14.8. The third-order valence-electron chi connectivity index (χ3n) is 2.08. The molecule has 0 aromatic carbocycles. The Morgan fingerprint density at radius 3 is 2.76 bits per heavy atom. The van der Waals surface area contributed by atoms with E-state index in [2.05, 4.69) is 9.72 Å². The van der Waals surface area contributed by atoms with E-state index in [1.807, 2.05) is 0 Å². The number of alkyl halides is 3. The Kier molecular flexibility index (Phi) is 4.35. The van der Waals surface area contributed by atoms with E-state index in [1.165, 1.54) is 0 Å². The van der Waals surface area contributed by atoms with Gasteiger partial charge in [-0.3, -0.25) is 0 Å². The average Bonchev–Trinajstić information content (AvgIpc) is 2.35. The van der Waals surface area contributed by atoms with Gasteiger partial charge >= 0.3 is 5.97 Å². The maximum atomic E-state index is 12.6. The highest BCUT2D eigenvalue weighted by molar-refractivity contribution is 6.17. The molecule has 0 spiro atoms. The van der Waals surface area contributed by atoms with Gasteiger partial charge in [-0.15, -0.1) is 11.6 Å². The van der Waals surface area contributed by atoms with Crippen molar-refractivity contribution in [3.63, 3.8) is 0 Å². The number of nitriles is 1. The van der Waals surface area contributed by atoms with Crippen molar-refractivity contribution < 1.29 is 18.3 Å². The second-order valence-electron chi connectivity index (χ2n) is 2.95. The van der Waals surface area contributed by atoms with Gasteiger partial charge in [0.1, 0.15) is 6.07 Å². The van der Waals surface area contributed by atoms with Crippen molar-refractivity contribution in [1.29, 1.82) is 5.26 Å². The molecular formula is C10H7ClF2N2O2.